The summed E-state index contributed by atoms with van der Waals surface area (Å²) in [6.45, 7) is 10.5. The molecule has 10 heteroatoms. The van der Waals surface area contributed by atoms with Gasteiger partial charge in [-0.05, 0) is 63.4 Å². The highest BCUT2D eigenvalue weighted by molar-refractivity contribution is 7.98. The van der Waals surface area contributed by atoms with Crippen LogP contribution in [0.5, 0.6) is 11.5 Å². The first-order chi connectivity index (χ1) is 18.3. The number of esters is 1. The highest BCUT2D eigenvalue weighted by atomic mass is 35.5. The molecule has 1 aliphatic heterocycles. The van der Waals surface area contributed by atoms with Gasteiger partial charge in [0, 0.05) is 16.5 Å². The number of carbonyl (C=O) groups excluding carboxylic acids is 1. The second-order valence-corrected chi connectivity index (χ2v) is 10.4. The van der Waals surface area contributed by atoms with Gasteiger partial charge in [0.1, 0.15) is 6.04 Å². The summed E-state index contributed by atoms with van der Waals surface area (Å²) in [6.07, 6.45) is 0.609. The zero-order chi connectivity index (χ0) is 27.2. The molecule has 0 amide bonds. The van der Waals surface area contributed by atoms with Crippen LogP contribution in [0.1, 0.15) is 58.2 Å². The van der Waals surface area contributed by atoms with E-state index in [4.69, 9.17) is 35.9 Å². The second kappa shape index (κ2) is 12.6. The number of benzene rings is 2. The Hall–Kier alpha value is -3.17. The summed E-state index contributed by atoms with van der Waals surface area (Å²) in [5, 5.41) is 9.31. The third-order valence-electron chi connectivity index (χ3n) is 5.76. The molecule has 0 spiro atoms. The lowest BCUT2D eigenvalue weighted by atomic mass is 9.95. The van der Waals surface area contributed by atoms with Crippen molar-refractivity contribution < 1.29 is 19.0 Å². The molecule has 1 N–H and O–H groups in total. The zero-order valence-electron chi connectivity index (χ0n) is 22.3. The lowest BCUT2D eigenvalue weighted by molar-refractivity contribution is -0.143. The molecule has 1 aromatic heterocycles. The average Bonchev–Trinajstić information content (AvgIpc) is 3.28. The van der Waals surface area contributed by atoms with Gasteiger partial charge in [-0.1, -0.05) is 54.6 Å². The molecule has 1 aliphatic rings. The van der Waals surface area contributed by atoms with E-state index in [-0.39, 0.29) is 6.10 Å². The first-order valence-corrected chi connectivity index (χ1v) is 14.1. The molecule has 3 aromatic rings. The SMILES string of the molecule is CCCOc1ccc(C2C(C(=O)OC(C)C)=C(C)Nc3nc(SCc4ccccc4Cl)nn32)cc1OCC. The summed E-state index contributed by atoms with van der Waals surface area (Å²) >= 11 is 7.82. The Morgan fingerprint density at radius 2 is 1.95 bits per heavy atom. The molecular weight excluding hydrogens is 524 g/mol. The van der Waals surface area contributed by atoms with Crippen LogP contribution in [0.25, 0.3) is 0 Å². The Labute approximate surface area is 232 Å². The highest BCUT2D eigenvalue weighted by Gasteiger charge is 2.36. The summed E-state index contributed by atoms with van der Waals surface area (Å²) in [5.74, 6) is 2.01. The number of hydrogen-bond acceptors (Lipinski definition) is 8. The zero-order valence-corrected chi connectivity index (χ0v) is 23.9. The number of rotatable bonds is 11. The summed E-state index contributed by atoms with van der Waals surface area (Å²) in [7, 11) is 0. The monoisotopic (exact) mass is 556 g/mol. The van der Waals surface area contributed by atoms with Crippen LogP contribution in [-0.2, 0) is 15.3 Å². The summed E-state index contributed by atoms with van der Waals surface area (Å²) < 4.78 is 19.2. The first kappa shape index (κ1) is 27.9. The van der Waals surface area contributed by atoms with Gasteiger partial charge in [-0.15, -0.1) is 5.10 Å². The number of allylic oxidation sites excluding steroid dienone is 1. The van der Waals surface area contributed by atoms with Gasteiger partial charge in [0.15, 0.2) is 11.5 Å². The van der Waals surface area contributed by atoms with E-state index < -0.39 is 12.0 Å². The number of ether oxygens (including phenoxy) is 3. The molecule has 38 heavy (non-hydrogen) atoms. The minimum Gasteiger partial charge on any atom is -0.490 e. The Morgan fingerprint density at radius 1 is 1.16 bits per heavy atom. The smallest absolute Gasteiger partial charge is 0.338 e. The maximum Gasteiger partial charge on any atom is 0.338 e. The number of nitrogens with one attached hydrogen (secondary N) is 1. The van der Waals surface area contributed by atoms with Crippen molar-refractivity contribution in [3.63, 3.8) is 0 Å². The van der Waals surface area contributed by atoms with Gasteiger partial charge in [0.05, 0.1) is 24.9 Å². The summed E-state index contributed by atoms with van der Waals surface area (Å²) in [6, 6.07) is 12.8. The number of aromatic nitrogens is 3. The largest absolute Gasteiger partial charge is 0.490 e. The molecule has 2 heterocycles. The van der Waals surface area contributed by atoms with Crippen molar-refractivity contribution in [3.05, 3.63) is 69.9 Å². The lowest BCUT2D eigenvalue weighted by Crippen LogP contribution is -2.30. The fraction of sp³-hybridized carbons (Fsp3) is 0.393. The predicted molar refractivity (Wildman–Crippen MR) is 150 cm³/mol. The van der Waals surface area contributed by atoms with E-state index in [1.807, 2.05) is 70.2 Å². The Morgan fingerprint density at radius 3 is 2.66 bits per heavy atom. The highest BCUT2D eigenvalue weighted by Crippen LogP contribution is 2.40. The summed E-state index contributed by atoms with van der Waals surface area (Å²) in [5.41, 5.74) is 2.93. The number of fused-ring (bicyclic) bond motifs is 1. The van der Waals surface area contributed by atoms with Crippen LogP contribution in [0.4, 0.5) is 5.95 Å². The molecule has 0 radical (unpaired) electrons. The van der Waals surface area contributed by atoms with Crippen molar-refractivity contribution in [1.29, 1.82) is 0 Å². The maximum absolute atomic E-state index is 13.3. The van der Waals surface area contributed by atoms with E-state index >= 15 is 0 Å². The first-order valence-electron chi connectivity index (χ1n) is 12.7. The minimum atomic E-state index is -0.570. The minimum absolute atomic E-state index is 0.272. The van der Waals surface area contributed by atoms with Crippen LogP contribution in [0.15, 0.2) is 58.9 Å². The number of thioether (sulfide) groups is 1. The topological polar surface area (TPSA) is 87.5 Å². The van der Waals surface area contributed by atoms with Gasteiger partial charge < -0.3 is 19.5 Å². The van der Waals surface area contributed by atoms with Gasteiger partial charge in [-0.3, -0.25) is 0 Å². The van der Waals surface area contributed by atoms with E-state index in [1.165, 1.54) is 11.8 Å². The fourth-order valence-corrected chi connectivity index (χ4v) is 5.21. The molecule has 8 nitrogen and oxygen atoms in total. The molecule has 2 aromatic carbocycles. The molecule has 0 saturated carbocycles. The van der Waals surface area contributed by atoms with E-state index in [0.717, 1.165) is 17.5 Å². The van der Waals surface area contributed by atoms with E-state index in [9.17, 15) is 4.79 Å². The predicted octanol–water partition coefficient (Wildman–Crippen LogP) is 6.65. The fourth-order valence-electron chi connectivity index (χ4n) is 4.09. The van der Waals surface area contributed by atoms with Crippen LogP contribution in [0.2, 0.25) is 5.02 Å². The quantitative estimate of drug-likeness (QED) is 0.207. The maximum atomic E-state index is 13.3. The van der Waals surface area contributed by atoms with E-state index in [2.05, 4.69) is 12.2 Å². The van der Waals surface area contributed by atoms with Gasteiger partial charge in [0.2, 0.25) is 11.1 Å². The number of hydrogen-bond donors (Lipinski definition) is 1. The van der Waals surface area contributed by atoms with Gasteiger partial charge >= 0.3 is 5.97 Å². The van der Waals surface area contributed by atoms with Crippen molar-refractivity contribution in [2.45, 2.75) is 64.1 Å². The summed E-state index contributed by atoms with van der Waals surface area (Å²) in [4.78, 5) is 18.0. The van der Waals surface area contributed by atoms with Crippen LogP contribution in [0, 0.1) is 0 Å². The Bertz CT molecular complexity index is 1320. The van der Waals surface area contributed by atoms with Crippen LogP contribution in [0.3, 0.4) is 0 Å². The molecule has 0 bridgehead atoms. The van der Waals surface area contributed by atoms with Crippen LogP contribution >= 0.6 is 23.4 Å². The number of halogens is 1. The Balaban J connectivity index is 1.74. The number of carbonyl (C=O) groups is 1. The second-order valence-electron chi connectivity index (χ2n) is 9.05. The van der Waals surface area contributed by atoms with Crippen molar-refractivity contribution in [1.82, 2.24) is 14.8 Å². The van der Waals surface area contributed by atoms with Crippen molar-refractivity contribution in [2.24, 2.45) is 0 Å². The molecule has 4 rings (SSSR count). The molecule has 0 aliphatic carbocycles. The molecule has 1 atom stereocenters. The number of anilines is 1. The van der Waals surface area contributed by atoms with E-state index in [1.54, 1.807) is 4.68 Å². The van der Waals surface area contributed by atoms with Crippen LogP contribution < -0.4 is 14.8 Å². The Kier molecular flexibility index (Phi) is 9.22. The van der Waals surface area contributed by atoms with Gasteiger partial charge in [-0.2, -0.15) is 4.98 Å². The number of nitrogens with zero attached hydrogens (tertiary/aromatic N) is 3. The van der Waals surface area contributed by atoms with Gasteiger partial charge in [-0.25, -0.2) is 9.48 Å². The van der Waals surface area contributed by atoms with Crippen molar-refractivity contribution >= 4 is 35.3 Å². The molecule has 0 saturated heterocycles. The third-order valence-corrected chi connectivity index (χ3v) is 7.01. The lowest BCUT2D eigenvalue weighted by Gasteiger charge is -2.29. The third kappa shape index (κ3) is 6.27. The van der Waals surface area contributed by atoms with Crippen molar-refractivity contribution in [3.8, 4) is 11.5 Å². The molecule has 0 fully saturated rings. The standard InChI is InChI=1S/C28H33ClN4O4S/c1-6-14-36-22-13-12-19(15-23(22)35-7-2)25-24(26(34)37-17(3)4)18(5)30-27-31-28(32-33(25)27)38-16-20-10-8-9-11-21(20)29/h8-13,15,17,25H,6-7,14,16H2,1-5H3,(H,30,31,32). The molecule has 202 valence electrons. The van der Waals surface area contributed by atoms with Gasteiger partial charge in [0.25, 0.3) is 0 Å². The van der Waals surface area contributed by atoms with Crippen molar-refractivity contribution in [2.75, 3.05) is 18.5 Å². The normalized spacial score (nSPS) is 14.8. The van der Waals surface area contributed by atoms with Crippen LogP contribution in [-0.4, -0.2) is 40.1 Å². The molecular formula is C28H33ClN4O4S. The van der Waals surface area contributed by atoms with E-state index in [0.29, 0.717) is 57.9 Å². The average molecular weight is 557 g/mol. The molecule has 1 unspecified atom stereocenters.